The van der Waals surface area contributed by atoms with Crippen LogP contribution in [0.5, 0.6) is 0 Å². The second-order valence-corrected chi connectivity index (χ2v) is 4.80. The third-order valence-corrected chi connectivity index (χ3v) is 3.39. The maximum absolute atomic E-state index is 14.1. The van der Waals surface area contributed by atoms with Gasteiger partial charge in [0.15, 0.2) is 0 Å². The van der Waals surface area contributed by atoms with Crippen LogP contribution in [-0.2, 0) is 0 Å². The smallest absolute Gasteiger partial charge is 0.142 e. The number of hydrazine groups is 1. The van der Waals surface area contributed by atoms with E-state index in [0.29, 0.717) is 10.0 Å². The summed E-state index contributed by atoms with van der Waals surface area (Å²) in [6, 6.07) is 8.40. The quantitative estimate of drug-likeness (QED) is 0.677. The molecule has 1 atom stereocenters. The zero-order valence-corrected chi connectivity index (χ0v) is 11.4. The summed E-state index contributed by atoms with van der Waals surface area (Å²) < 4.78 is 14.5. The number of aromatic nitrogens is 1. The standard InChI is InChI=1S/C13H13BrFN3/c1-8-4-3-7-17-12(8)13(18-16)9-5-2-6-10(14)11(9)15/h2-7,13,18H,16H2,1H3. The summed E-state index contributed by atoms with van der Waals surface area (Å²) in [6.07, 6.45) is 1.67. The van der Waals surface area contributed by atoms with E-state index in [9.17, 15) is 4.39 Å². The first-order valence-corrected chi connectivity index (χ1v) is 6.26. The van der Waals surface area contributed by atoms with Crippen LogP contribution in [0.1, 0.15) is 22.9 Å². The Morgan fingerprint density at radius 1 is 1.33 bits per heavy atom. The molecule has 1 aromatic heterocycles. The molecule has 0 amide bonds. The fourth-order valence-corrected chi connectivity index (χ4v) is 2.24. The lowest BCUT2D eigenvalue weighted by Gasteiger charge is -2.18. The SMILES string of the molecule is Cc1cccnc1C(NN)c1cccc(Br)c1F. The lowest BCUT2D eigenvalue weighted by atomic mass is 10.00. The van der Waals surface area contributed by atoms with Gasteiger partial charge in [0, 0.05) is 11.8 Å². The van der Waals surface area contributed by atoms with E-state index in [1.54, 1.807) is 24.4 Å². The van der Waals surface area contributed by atoms with Crippen molar-refractivity contribution in [1.82, 2.24) is 10.4 Å². The number of rotatable bonds is 3. The molecule has 3 N–H and O–H groups in total. The Balaban J connectivity index is 2.53. The van der Waals surface area contributed by atoms with Gasteiger partial charge in [0.05, 0.1) is 16.2 Å². The number of hydrogen-bond acceptors (Lipinski definition) is 3. The molecule has 0 aliphatic heterocycles. The molecule has 0 saturated heterocycles. The minimum atomic E-state index is -0.469. The molecule has 0 radical (unpaired) electrons. The van der Waals surface area contributed by atoms with Crippen molar-refractivity contribution in [3.8, 4) is 0 Å². The Morgan fingerprint density at radius 2 is 2.11 bits per heavy atom. The molecule has 1 aromatic carbocycles. The highest BCUT2D eigenvalue weighted by Crippen LogP contribution is 2.28. The molecule has 1 heterocycles. The van der Waals surface area contributed by atoms with Crippen molar-refractivity contribution in [3.05, 3.63) is 63.6 Å². The first kappa shape index (κ1) is 13.1. The van der Waals surface area contributed by atoms with Gasteiger partial charge >= 0.3 is 0 Å². The predicted octanol–water partition coefficient (Wildman–Crippen LogP) is 2.84. The minimum absolute atomic E-state index is 0.328. The number of pyridine rings is 1. The molecule has 0 saturated carbocycles. The van der Waals surface area contributed by atoms with Gasteiger partial charge in [0.2, 0.25) is 0 Å². The second-order valence-electron chi connectivity index (χ2n) is 3.95. The number of nitrogens with one attached hydrogen (secondary N) is 1. The Morgan fingerprint density at radius 3 is 2.78 bits per heavy atom. The van der Waals surface area contributed by atoms with E-state index in [2.05, 4.69) is 26.3 Å². The van der Waals surface area contributed by atoms with Crippen LogP contribution in [0.4, 0.5) is 4.39 Å². The number of aryl methyl sites for hydroxylation is 1. The van der Waals surface area contributed by atoms with Crippen LogP contribution < -0.4 is 11.3 Å². The topological polar surface area (TPSA) is 50.9 Å². The van der Waals surface area contributed by atoms with Gasteiger partial charge in [-0.2, -0.15) is 0 Å². The number of halogens is 2. The molecule has 3 nitrogen and oxygen atoms in total. The van der Waals surface area contributed by atoms with Crippen LogP contribution in [0.3, 0.4) is 0 Å². The molecule has 2 aromatic rings. The lowest BCUT2D eigenvalue weighted by Crippen LogP contribution is -2.30. The van der Waals surface area contributed by atoms with Gasteiger partial charge < -0.3 is 0 Å². The molecule has 0 bridgehead atoms. The van der Waals surface area contributed by atoms with Crippen LogP contribution in [0.25, 0.3) is 0 Å². The maximum Gasteiger partial charge on any atom is 0.142 e. The Labute approximate surface area is 113 Å². The molecule has 0 aliphatic carbocycles. The van der Waals surface area contributed by atoms with E-state index in [-0.39, 0.29) is 5.82 Å². The highest BCUT2D eigenvalue weighted by atomic mass is 79.9. The highest BCUT2D eigenvalue weighted by molar-refractivity contribution is 9.10. The second kappa shape index (κ2) is 5.56. The van der Waals surface area contributed by atoms with Crippen LogP contribution >= 0.6 is 15.9 Å². The average molecular weight is 310 g/mol. The Hall–Kier alpha value is -1.30. The summed E-state index contributed by atoms with van der Waals surface area (Å²) in [5.41, 5.74) is 4.76. The summed E-state index contributed by atoms with van der Waals surface area (Å²) in [5, 5.41) is 0. The largest absolute Gasteiger partial charge is 0.271 e. The summed E-state index contributed by atoms with van der Waals surface area (Å²) in [7, 11) is 0. The van der Waals surface area contributed by atoms with Gasteiger partial charge in [-0.05, 0) is 40.5 Å². The summed E-state index contributed by atoms with van der Waals surface area (Å²) in [5.74, 6) is 5.22. The number of nitrogens with two attached hydrogens (primary N) is 1. The minimum Gasteiger partial charge on any atom is -0.271 e. The van der Waals surface area contributed by atoms with E-state index in [0.717, 1.165) is 11.3 Å². The average Bonchev–Trinajstić information content (AvgIpc) is 2.37. The number of benzene rings is 1. The van der Waals surface area contributed by atoms with Crippen molar-refractivity contribution in [2.24, 2.45) is 5.84 Å². The van der Waals surface area contributed by atoms with Crippen molar-refractivity contribution in [2.75, 3.05) is 0 Å². The molecule has 0 aliphatic rings. The first-order chi connectivity index (χ1) is 8.65. The molecule has 1 unspecified atom stereocenters. The van der Waals surface area contributed by atoms with Crippen LogP contribution in [0.2, 0.25) is 0 Å². The van der Waals surface area contributed by atoms with Crippen LogP contribution in [0, 0.1) is 12.7 Å². The van der Waals surface area contributed by atoms with Crippen LogP contribution in [0.15, 0.2) is 41.0 Å². The third-order valence-electron chi connectivity index (χ3n) is 2.78. The van der Waals surface area contributed by atoms with E-state index in [4.69, 9.17) is 5.84 Å². The zero-order chi connectivity index (χ0) is 13.1. The summed E-state index contributed by atoms with van der Waals surface area (Å²) >= 11 is 3.17. The molecular formula is C13H13BrFN3. The summed E-state index contributed by atoms with van der Waals surface area (Å²) in [4.78, 5) is 4.27. The molecule has 94 valence electrons. The van der Waals surface area contributed by atoms with E-state index < -0.39 is 6.04 Å². The molecule has 2 rings (SSSR count). The number of nitrogens with zero attached hydrogens (tertiary/aromatic N) is 1. The first-order valence-electron chi connectivity index (χ1n) is 5.46. The van der Waals surface area contributed by atoms with Crippen molar-refractivity contribution in [3.63, 3.8) is 0 Å². The van der Waals surface area contributed by atoms with Gasteiger partial charge in [-0.15, -0.1) is 0 Å². The van der Waals surface area contributed by atoms with E-state index in [1.807, 2.05) is 19.1 Å². The molecule has 5 heteroatoms. The van der Waals surface area contributed by atoms with E-state index in [1.165, 1.54) is 0 Å². The monoisotopic (exact) mass is 309 g/mol. The normalized spacial score (nSPS) is 12.4. The van der Waals surface area contributed by atoms with Crippen molar-refractivity contribution in [1.29, 1.82) is 0 Å². The molecule has 0 spiro atoms. The zero-order valence-electron chi connectivity index (χ0n) is 9.82. The lowest BCUT2D eigenvalue weighted by molar-refractivity contribution is 0.547. The summed E-state index contributed by atoms with van der Waals surface area (Å²) in [6.45, 7) is 1.92. The molecular weight excluding hydrogens is 297 g/mol. The fourth-order valence-electron chi connectivity index (χ4n) is 1.86. The van der Waals surface area contributed by atoms with Gasteiger partial charge in [0.25, 0.3) is 0 Å². The predicted molar refractivity (Wildman–Crippen MR) is 72.2 cm³/mol. The van der Waals surface area contributed by atoms with E-state index >= 15 is 0 Å². The maximum atomic E-state index is 14.1. The van der Waals surface area contributed by atoms with Gasteiger partial charge in [0.1, 0.15) is 5.82 Å². The van der Waals surface area contributed by atoms with Crippen LogP contribution in [-0.4, -0.2) is 4.98 Å². The highest BCUT2D eigenvalue weighted by Gasteiger charge is 2.20. The molecule has 18 heavy (non-hydrogen) atoms. The molecule has 0 fully saturated rings. The Bertz CT molecular complexity index is 560. The van der Waals surface area contributed by atoms with Gasteiger partial charge in [-0.3, -0.25) is 10.8 Å². The van der Waals surface area contributed by atoms with Gasteiger partial charge in [-0.1, -0.05) is 18.2 Å². The number of hydrogen-bond donors (Lipinski definition) is 2. The Kier molecular flexibility index (Phi) is 4.06. The van der Waals surface area contributed by atoms with Crippen molar-refractivity contribution < 1.29 is 4.39 Å². The third kappa shape index (κ3) is 2.43. The fraction of sp³-hybridized carbons (Fsp3) is 0.154. The van der Waals surface area contributed by atoms with Crippen molar-refractivity contribution in [2.45, 2.75) is 13.0 Å². The van der Waals surface area contributed by atoms with Crippen molar-refractivity contribution >= 4 is 15.9 Å². The van der Waals surface area contributed by atoms with Gasteiger partial charge in [-0.25, -0.2) is 9.82 Å².